The van der Waals surface area contributed by atoms with E-state index in [0.29, 0.717) is 18.5 Å². The first-order valence-corrected chi connectivity index (χ1v) is 6.99. The normalized spacial score (nSPS) is 22.4. The van der Waals surface area contributed by atoms with Crippen LogP contribution in [0.1, 0.15) is 31.7 Å². The molecule has 0 bridgehead atoms. The largest absolute Gasteiger partial charge is 0.354 e. The maximum Gasteiger partial charge on any atom is 0.223 e. The van der Waals surface area contributed by atoms with Gasteiger partial charge in [-0.15, -0.1) is 0 Å². The van der Waals surface area contributed by atoms with Crippen LogP contribution in [0.25, 0.3) is 0 Å². The Morgan fingerprint density at radius 1 is 1.45 bits per heavy atom. The van der Waals surface area contributed by atoms with Crippen LogP contribution >= 0.6 is 0 Å². The second-order valence-corrected chi connectivity index (χ2v) is 5.32. The molecule has 2 N–H and O–H groups in total. The van der Waals surface area contributed by atoms with Crippen molar-refractivity contribution in [3.63, 3.8) is 0 Å². The molecule has 0 heterocycles. The lowest BCUT2D eigenvalue weighted by Crippen LogP contribution is -2.39. The first-order valence-electron chi connectivity index (χ1n) is 6.99. The van der Waals surface area contributed by atoms with Crippen molar-refractivity contribution in [1.29, 1.82) is 0 Å². The summed E-state index contributed by atoms with van der Waals surface area (Å²) in [4.78, 5) is 11.9. The monoisotopic (exact) mass is 282 g/mol. The Balaban J connectivity index is 1.86. The highest BCUT2D eigenvalue weighted by Gasteiger charge is 2.45. The first-order chi connectivity index (χ1) is 9.52. The Morgan fingerprint density at radius 2 is 2.20 bits per heavy atom. The van der Waals surface area contributed by atoms with Crippen LogP contribution in [-0.4, -0.2) is 25.0 Å². The van der Waals surface area contributed by atoms with E-state index in [-0.39, 0.29) is 23.8 Å². The van der Waals surface area contributed by atoms with Crippen LogP contribution in [0.3, 0.4) is 0 Å². The van der Waals surface area contributed by atoms with Crippen LogP contribution in [0.5, 0.6) is 0 Å². The fraction of sp³-hybridized carbons (Fsp3) is 0.533. The number of carbonyl (C=O) groups is 1. The molecule has 3 atom stereocenters. The second kappa shape index (κ2) is 6.31. The van der Waals surface area contributed by atoms with Crippen molar-refractivity contribution in [3.05, 3.63) is 35.4 Å². The molecule has 1 aromatic rings. The molecule has 0 aliphatic heterocycles. The molecular weight excluding hydrogens is 262 g/mol. The number of halogens is 2. The second-order valence-electron chi connectivity index (χ2n) is 5.32. The molecule has 110 valence electrons. The molecule has 5 heteroatoms. The molecule has 1 aliphatic carbocycles. The summed E-state index contributed by atoms with van der Waals surface area (Å²) in [6.45, 7) is 5.41. The van der Waals surface area contributed by atoms with Gasteiger partial charge in [0.25, 0.3) is 0 Å². The molecule has 2 unspecified atom stereocenters. The molecular formula is C15H20F2N2O. The molecule has 3 nitrogen and oxygen atoms in total. The minimum absolute atomic E-state index is 0.0523. The van der Waals surface area contributed by atoms with Crippen molar-refractivity contribution in [2.45, 2.75) is 32.2 Å². The molecule has 1 aliphatic rings. The van der Waals surface area contributed by atoms with E-state index in [1.165, 1.54) is 12.1 Å². The van der Waals surface area contributed by atoms with Gasteiger partial charge in [-0.25, -0.2) is 8.78 Å². The summed E-state index contributed by atoms with van der Waals surface area (Å²) in [7, 11) is 0. The standard InChI is InChI=1S/C15H20F2N2O/c1-3-18-9(2)8-19-15(20)13-7-12(13)11-5-4-10(16)6-14(11)17/h4-6,9,12-13,18H,3,7-8H2,1-2H3,(H,19,20)/t9-,12?,13?/m1/s1. The molecule has 2 rings (SSSR count). The summed E-state index contributed by atoms with van der Waals surface area (Å²) in [6, 6.07) is 3.75. The quantitative estimate of drug-likeness (QED) is 0.839. The summed E-state index contributed by atoms with van der Waals surface area (Å²) < 4.78 is 26.5. The summed E-state index contributed by atoms with van der Waals surface area (Å²) >= 11 is 0. The number of rotatable bonds is 6. The Labute approximate surface area is 117 Å². The van der Waals surface area contributed by atoms with Gasteiger partial charge in [0.1, 0.15) is 11.6 Å². The van der Waals surface area contributed by atoms with Crippen molar-refractivity contribution in [2.24, 2.45) is 5.92 Å². The van der Waals surface area contributed by atoms with Gasteiger partial charge >= 0.3 is 0 Å². The van der Waals surface area contributed by atoms with Crippen LogP contribution in [-0.2, 0) is 4.79 Å². The van der Waals surface area contributed by atoms with E-state index >= 15 is 0 Å². The van der Waals surface area contributed by atoms with Crippen LogP contribution in [0, 0.1) is 17.6 Å². The van der Waals surface area contributed by atoms with Gasteiger partial charge in [-0.2, -0.15) is 0 Å². The lowest BCUT2D eigenvalue weighted by atomic mass is 10.1. The Bertz CT molecular complexity index is 493. The summed E-state index contributed by atoms with van der Waals surface area (Å²) in [6.07, 6.45) is 0.629. The van der Waals surface area contributed by atoms with Crippen LogP contribution < -0.4 is 10.6 Å². The van der Waals surface area contributed by atoms with Crippen molar-refractivity contribution in [1.82, 2.24) is 10.6 Å². The number of amides is 1. The van der Waals surface area contributed by atoms with Crippen LogP contribution in [0.2, 0.25) is 0 Å². The van der Waals surface area contributed by atoms with Gasteiger partial charge in [0.2, 0.25) is 5.91 Å². The highest BCUT2D eigenvalue weighted by atomic mass is 19.1. The fourth-order valence-corrected chi connectivity index (χ4v) is 2.44. The average molecular weight is 282 g/mol. The zero-order valence-electron chi connectivity index (χ0n) is 11.7. The molecule has 1 aromatic carbocycles. The van der Waals surface area contributed by atoms with Gasteiger partial charge in [0, 0.05) is 24.6 Å². The minimum Gasteiger partial charge on any atom is -0.354 e. The Morgan fingerprint density at radius 3 is 2.85 bits per heavy atom. The van der Waals surface area contributed by atoms with E-state index in [1.54, 1.807) is 0 Å². The maximum absolute atomic E-state index is 13.6. The molecule has 1 saturated carbocycles. The Kier molecular flexibility index (Phi) is 4.70. The van der Waals surface area contributed by atoms with Gasteiger partial charge in [-0.1, -0.05) is 13.0 Å². The zero-order chi connectivity index (χ0) is 14.7. The van der Waals surface area contributed by atoms with Gasteiger partial charge in [0.15, 0.2) is 0 Å². The highest BCUT2D eigenvalue weighted by molar-refractivity contribution is 5.82. The molecule has 20 heavy (non-hydrogen) atoms. The SMILES string of the molecule is CCN[C@H](C)CNC(=O)C1CC1c1ccc(F)cc1F. The lowest BCUT2D eigenvalue weighted by molar-refractivity contribution is -0.122. The van der Waals surface area contributed by atoms with Gasteiger partial charge < -0.3 is 10.6 Å². The lowest BCUT2D eigenvalue weighted by Gasteiger charge is -2.13. The number of likely N-dealkylation sites (N-methyl/N-ethyl adjacent to an activating group) is 1. The van der Waals surface area contributed by atoms with Gasteiger partial charge in [-0.05, 0) is 37.4 Å². The van der Waals surface area contributed by atoms with Crippen molar-refractivity contribution in [2.75, 3.05) is 13.1 Å². The van der Waals surface area contributed by atoms with Crippen LogP contribution in [0.4, 0.5) is 8.78 Å². The zero-order valence-corrected chi connectivity index (χ0v) is 11.7. The molecule has 0 spiro atoms. The summed E-state index contributed by atoms with van der Waals surface area (Å²) in [5, 5.41) is 6.06. The molecule has 0 saturated heterocycles. The predicted octanol–water partition coefficient (Wildman–Crippen LogP) is 2.18. The van der Waals surface area contributed by atoms with E-state index < -0.39 is 11.6 Å². The molecule has 1 fully saturated rings. The van der Waals surface area contributed by atoms with E-state index in [2.05, 4.69) is 10.6 Å². The topological polar surface area (TPSA) is 41.1 Å². The number of hydrogen-bond acceptors (Lipinski definition) is 2. The predicted molar refractivity (Wildman–Crippen MR) is 73.4 cm³/mol. The van der Waals surface area contributed by atoms with Crippen molar-refractivity contribution >= 4 is 5.91 Å². The third-order valence-electron chi connectivity index (χ3n) is 3.62. The molecule has 1 amide bonds. The third kappa shape index (κ3) is 3.54. The Hall–Kier alpha value is -1.49. The molecule has 0 radical (unpaired) electrons. The number of carbonyl (C=O) groups excluding carboxylic acids is 1. The van der Waals surface area contributed by atoms with E-state index in [4.69, 9.17) is 0 Å². The van der Waals surface area contributed by atoms with Gasteiger partial charge in [0.05, 0.1) is 0 Å². The number of nitrogens with one attached hydrogen (secondary N) is 2. The summed E-state index contributed by atoms with van der Waals surface area (Å²) in [5.74, 6) is -1.52. The van der Waals surface area contributed by atoms with E-state index in [0.717, 1.165) is 12.6 Å². The third-order valence-corrected chi connectivity index (χ3v) is 3.62. The van der Waals surface area contributed by atoms with Gasteiger partial charge in [-0.3, -0.25) is 4.79 Å². The summed E-state index contributed by atoms with van der Waals surface area (Å²) in [5.41, 5.74) is 0.436. The molecule has 0 aromatic heterocycles. The minimum atomic E-state index is -0.590. The average Bonchev–Trinajstić information content (AvgIpc) is 3.16. The number of benzene rings is 1. The van der Waals surface area contributed by atoms with E-state index in [1.807, 2.05) is 13.8 Å². The maximum atomic E-state index is 13.6. The smallest absolute Gasteiger partial charge is 0.223 e. The highest BCUT2D eigenvalue weighted by Crippen LogP contribution is 2.48. The van der Waals surface area contributed by atoms with Crippen molar-refractivity contribution in [3.8, 4) is 0 Å². The van der Waals surface area contributed by atoms with Crippen molar-refractivity contribution < 1.29 is 13.6 Å². The first kappa shape index (κ1) is 14.9. The van der Waals surface area contributed by atoms with Crippen LogP contribution in [0.15, 0.2) is 18.2 Å². The fourth-order valence-electron chi connectivity index (χ4n) is 2.44. The number of hydrogen-bond donors (Lipinski definition) is 2. The van der Waals surface area contributed by atoms with E-state index in [9.17, 15) is 13.6 Å².